The maximum Gasteiger partial charge on any atom is 0.210 e. The van der Waals surface area contributed by atoms with Crippen LogP contribution in [0.4, 0.5) is 22.7 Å². The maximum absolute atomic E-state index is 2.48. The third-order valence-electron chi connectivity index (χ3n) is 22.4. The van der Waals surface area contributed by atoms with E-state index in [1.54, 1.807) is 0 Å². The Labute approximate surface area is 560 Å². The highest BCUT2D eigenvalue weighted by atomic mass is 15.2. The van der Waals surface area contributed by atoms with Gasteiger partial charge in [0.1, 0.15) is 14.1 Å². The van der Waals surface area contributed by atoms with E-state index in [4.69, 9.17) is 0 Å². The lowest BCUT2D eigenvalue weighted by Crippen LogP contribution is -2.33. The highest BCUT2D eigenvalue weighted by Gasteiger charge is 2.50. The van der Waals surface area contributed by atoms with Gasteiger partial charge in [0, 0.05) is 83.1 Å². The predicted molar refractivity (Wildman–Crippen MR) is 402 cm³/mol. The van der Waals surface area contributed by atoms with Crippen LogP contribution in [-0.2, 0) is 53.8 Å². The lowest BCUT2D eigenvalue weighted by Gasteiger charge is -2.29. The Morgan fingerprint density at radius 2 is 0.600 bits per heavy atom. The van der Waals surface area contributed by atoms with Crippen molar-refractivity contribution >= 4 is 77.3 Å². The van der Waals surface area contributed by atoms with Crippen LogP contribution in [0.2, 0.25) is 0 Å². The van der Waals surface area contributed by atoms with E-state index in [1.165, 1.54) is 144 Å². The highest BCUT2D eigenvalue weighted by molar-refractivity contribution is 6.10. The van der Waals surface area contributed by atoms with Crippen molar-refractivity contribution in [1.82, 2.24) is 0 Å². The number of fused-ring (bicyclic) bond motifs is 12. The largest absolute Gasteiger partial charge is 0.347 e. The standard InChI is InChI=1S/C91H82N4/c1-88(58-64-25-11-9-12-26-64)80(92(5)76-53-49-68-29-15-19-33-72(68)84(76)88)37-23-39-82-90(3,86-74-35-21-17-31-70(74)51-55-78(86)94(82)7)60-66-45-41-62(42-46-66)57-63-43-47-67(48-44-63)61-91(4)83(95(8)79-56-52-71-32-18-22-36-75(71)87(79)91)40-24-38-81-89(2,59-65-27-13-10-14-28-65)85-73-34-20-16-30-69(73)50-54-77(85)93(81)6/h9-56H,57-61H2,1-8H3/q+2. The number of rotatable bonds is 14. The normalized spacial score (nSPS) is 21.5. The summed E-state index contributed by atoms with van der Waals surface area (Å²) in [4.78, 5) is 4.88. The minimum Gasteiger partial charge on any atom is -0.347 e. The minimum absolute atomic E-state index is 0.256. The zero-order chi connectivity index (χ0) is 64.8. The smallest absolute Gasteiger partial charge is 0.210 e. The Balaban J connectivity index is 0.680. The zero-order valence-corrected chi connectivity index (χ0v) is 56.0. The van der Waals surface area contributed by atoms with E-state index in [2.05, 4.69) is 366 Å². The van der Waals surface area contributed by atoms with E-state index in [-0.39, 0.29) is 21.7 Å². The van der Waals surface area contributed by atoms with Gasteiger partial charge in [0.05, 0.1) is 10.8 Å². The van der Waals surface area contributed by atoms with Crippen molar-refractivity contribution in [3.63, 3.8) is 0 Å². The van der Waals surface area contributed by atoms with Gasteiger partial charge < -0.3 is 9.80 Å². The van der Waals surface area contributed by atoms with Gasteiger partial charge in [-0.3, -0.25) is 0 Å². The molecule has 4 heteroatoms. The summed E-state index contributed by atoms with van der Waals surface area (Å²) in [5, 5.41) is 10.4. The van der Waals surface area contributed by atoms with Crippen molar-refractivity contribution in [2.45, 2.75) is 81.5 Å². The van der Waals surface area contributed by atoms with Gasteiger partial charge in [-0.2, -0.15) is 9.15 Å². The van der Waals surface area contributed by atoms with Crippen molar-refractivity contribution in [2.75, 3.05) is 38.0 Å². The number of hydrogen-bond acceptors (Lipinski definition) is 2. The third-order valence-corrected chi connectivity index (χ3v) is 22.4. The molecule has 0 saturated heterocycles. The fourth-order valence-electron chi connectivity index (χ4n) is 18.0. The fraction of sp³-hybridized carbons (Fsp3) is 0.187. The number of allylic oxidation sites excluding steroid dienone is 8. The molecule has 0 fully saturated rings. The molecule has 12 aromatic carbocycles. The highest BCUT2D eigenvalue weighted by Crippen LogP contribution is 2.55. The third kappa shape index (κ3) is 9.85. The molecular weight excluding hydrogens is 1150 g/mol. The number of hydrogen-bond donors (Lipinski definition) is 0. The van der Waals surface area contributed by atoms with Gasteiger partial charge in [-0.1, -0.05) is 231 Å². The molecule has 12 aromatic rings. The molecule has 0 amide bonds. The van der Waals surface area contributed by atoms with E-state index in [9.17, 15) is 0 Å². The molecular formula is C91H82N4+2. The fourth-order valence-corrected chi connectivity index (χ4v) is 18.0. The molecule has 0 bridgehead atoms. The lowest BCUT2D eigenvalue weighted by molar-refractivity contribution is -0.401. The van der Waals surface area contributed by atoms with Crippen LogP contribution < -0.4 is 9.80 Å². The number of anilines is 2. The second-order valence-electron chi connectivity index (χ2n) is 28.4. The van der Waals surface area contributed by atoms with Crippen molar-refractivity contribution in [3.8, 4) is 0 Å². The monoisotopic (exact) mass is 1230 g/mol. The van der Waals surface area contributed by atoms with Gasteiger partial charge >= 0.3 is 0 Å². The molecule has 16 rings (SSSR count). The lowest BCUT2D eigenvalue weighted by atomic mass is 9.72. The average molecular weight is 1230 g/mol. The van der Waals surface area contributed by atoms with Crippen LogP contribution in [0.1, 0.15) is 83.3 Å². The number of likely N-dealkylation sites (N-methyl/N-ethyl adjacent to an activating group) is 2. The van der Waals surface area contributed by atoms with Gasteiger partial charge in [0.25, 0.3) is 0 Å². The van der Waals surface area contributed by atoms with Crippen molar-refractivity contribution in [3.05, 3.63) is 358 Å². The molecule has 4 atom stereocenters. The summed E-state index contributed by atoms with van der Waals surface area (Å²) in [6.07, 6.45) is 18.7. The van der Waals surface area contributed by atoms with Gasteiger partial charge in [0.2, 0.25) is 11.4 Å². The molecule has 0 aliphatic carbocycles. The van der Waals surface area contributed by atoms with Crippen molar-refractivity contribution < 1.29 is 9.15 Å². The topological polar surface area (TPSA) is 12.5 Å². The predicted octanol–water partition coefficient (Wildman–Crippen LogP) is 20.5. The van der Waals surface area contributed by atoms with E-state index in [0.717, 1.165) is 32.1 Å². The van der Waals surface area contributed by atoms with E-state index in [1.807, 2.05) is 0 Å². The Morgan fingerprint density at radius 1 is 0.305 bits per heavy atom. The Bertz CT molecular complexity index is 4930. The van der Waals surface area contributed by atoms with Gasteiger partial charge in [0.15, 0.2) is 11.4 Å². The van der Waals surface area contributed by atoms with Crippen molar-refractivity contribution in [1.29, 1.82) is 0 Å². The number of benzene rings is 12. The Morgan fingerprint density at radius 3 is 0.968 bits per heavy atom. The molecule has 4 aliphatic heterocycles. The molecule has 464 valence electrons. The molecule has 0 aromatic heterocycles. The zero-order valence-electron chi connectivity index (χ0n) is 56.0. The van der Waals surface area contributed by atoms with Crippen LogP contribution in [0.25, 0.3) is 43.1 Å². The molecule has 4 nitrogen and oxygen atoms in total. The number of nitrogens with zero attached hydrogens (tertiary/aromatic N) is 4. The first-order valence-corrected chi connectivity index (χ1v) is 34.0. The Hall–Kier alpha value is -10.4. The molecule has 0 radical (unpaired) electrons. The molecule has 0 saturated carbocycles. The Kier molecular flexibility index (Phi) is 14.6. The van der Waals surface area contributed by atoms with E-state index < -0.39 is 0 Å². The summed E-state index contributed by atoms with van der Waals surface area (Å²) >= 11 is 0. The first kappa shape index (κ1) is 59.6. The van der Waals surface area contributed by atoms with Crippen LogP contribution in [0.15, 0.2) is 303 Å². The SMILES string of the molecule is CN1/C(=C/C=C/C2=[N+](C)c3ccc4ccccc4c3C2(C)Cc2ccc(Cc3ccc(CC4(C)C(/C=C/C=C5/N(C)c6ccc7ccccc7c6C5(C)Cc5ccccc5)=[N+](C)c5ccc6ccccc6c54)cc3)cc2)C(C)(Cc2ccccc2)c2c1ccc1ccccc21. The van der Waals surface area contributed by atoms with Crippen LogP contribution in [0.5, 0.6) is 0 Å². The van der Waals surface area contributed by atoms with Gasteiger partial charge in [-0.15, -0.1) is 0 Å². The van der Waals surface area contributed by atoms with Crippen LogP contribution in [0.3, 0.4) is 0 Å². The molecule has 95 heavy (non-hydrogen) atoms. The second kappa shape index (κ2) is 23.2. The molecule has 0 N–H and O–H groups in total. The first-order chi connectivity index (χ1) is 46.2. The van der Waals surface area contributed by atoms with Gasteiger partial charge in [-0.05, 0) is 184 Å². The van der Waals surface area contributed by atoms with E-state index >= 15 is 0 Å². The summed E-state index contributed by atoms with van der Waals surface area (Å²) < 4.78 is 4.91. The van der Waals surface area contributed by atoms with Crippen LogP contribution >= 0.6 is 0 Å². The summed E-state index contributed by atoms with van der Waals surface area (Å²) in [6, 6.07) is 95.3. The van der Waals surface area contributed by atoms with Crippen molar-refractivity contribution in [2.24, 2.45) is 0 Å². The van der Waals surface area contributed by atoms with Gasteiger partial charge in [-0.25, -0.2) is 0 Å². The summed E-state index contributed by atoms with van der Waals surface area (Å²) in [6.45, 7) is 9.86. The molecule has 0 spiro atoms. The average Bonchev–Trinajstić information content (AvgIpc) is 1.60. The van der Waals surface area contributed by atoms with E-state index in [0.29, 0.717) is 0 Å². The molecule has 4 heterocycles. The summed E-state index contributed by atoms with van der Waals surface area (Å²) in [5.74, 6) is 0. The quantitative estimate of drug-likeness (QED) is 0.101. The summed E-state index contributed by atoms with van der Waals surface area (Å²) in [5.41, 5.74) is 22.7. The second-order valence-corrected chi connectivity index (χ2v) is 28.4. The summed E-state index contributed by atoms with van der Waals surface area (Å²) in [7, 11) is 9.04. The maximum atomic E-state index is 2.48. The van der Waals surface area contributed by atoms with Crippen LogP contribution in [0, 0.1) is 0 Å². The van der Waals surface area contributed by atoms with Crippen LogP contribution in [-0.4, -0.2) is 48.8 Å². The molecule has 4 unspecified atom stereocenters. The minimum atomic E-state index is -0.313. The molecule has 4 aliphatic rings. The first-order valence-electron chi connectivity index (χ1n) is 34.0.